The van der Waals surface area contributed by atoms with E-state index >= 15 is 0 Å². The van der Waals surface area contributed by atoms with Crippen molar-refractivity contribution in [3.8, 4) is 10.7 Å². The van der Waals surface area contributed by atoms with Gasteiger partial charge in [-0.2, -0.15) is 0 Å². The second kappa shape index (κ2) is 6.30. The minimum Gasteiger partial charge on any atom is -0.306 e. The van der Waals surface area contributed by atoms with Gasteiger partial charge in [-0.1, -0.05) is 18.2 Å². The Hall–Kier alpha value is -2.31. The Balaban J connectivity index is 1.57. The topological polar surface area (TPSA) is 49.0 Å². The lowest BCUT2D eigenvalue weighted by molar-refractivity contribution is 0.242. The first-order chi connectivity index (χ1) is 11.7. The molecule has 24 heavy (non-hydrogen) atoms. The maximum atomic E-state index is 13.0. The summed E-state index contributed by atoms with van der Waals surface area (Å²) in [4.78, 5) is 23.2. The highest BCUT2D eigenvalue weighted by Crippen LogP contribution is 2.23. The first kappa shape index (κ1) is 15.2. The van der Waals surface area contributed by atoms with Crippen molar-refractivity contribution in [1.29, 1.82) is 0 Å². The van der Waals surface area contributed by atoms with E-state index in [9.17, 15) is 9.18 Å². The summed E-state index contributed by atoms with van der Waals surface area (Å²) >= 11 is 1.57. The molecule has 1 aliphatic heterocycles. The molecule has 1 aromatic carbocycles. The van der Waals surface area contributed by atoms with E-state index in [0.29, 0.717) is 18.9 Å². The molecule has 4 rings (SSSR count). The van der Waals surface area contributed by atoms with Crippen LogP contribution in [0.5, 0.6) is 0 Å². The normalized spacial score (nSPS) is 14.5. The van der Waals surface area contributed by atoms with Crippen LogP contribution >= 0.6 is 11.3 Å². The largest absolute Gasteiger partial charge is 0.306 e. The molecule has 0 saturated heterocycles. The standard InChI is InChI=1S/C18H16FN3OS/c19-13-5-3-12(4-6-13)10-22-8-7-15-14(11-22)18(23)21-17(20-15)16-2-1-9-24-16/h1-6,9H,7-8,10-11H2,(H,20,21,23). The molecule has 0 radical (unpaired) electrons. The third-order valence-electron chi connectivity index (χ3n) is 4.22. The van der Waals surface area contributed by atoms with Gasteiger partial charge in [0.15, 0.2) is 5.82 Å². The molecule has 4 nitrogen and oxygen atoms in total. The van der Waals surface area contributed by atoms with Crippen LogP contribution in [-0.2, 0) is 19.5 Å². The summed E-state index contributed by atoms with van der Waals surface area (Å²) in [6.45, 7) is 2.11. The molecule has 0 amide bonds. The zero-order valence-electron chi connectivity index (χ0n) is 13.0. The molecule has 0 fully saturated rings. The van der Waals surface area contributed by atoms with Crippen LogP contribution in [0.2, 0.25) is 0 Å². The van der Waals surface area contributed by atoms with Crippen LogP contribution in [0.15, 0.2) is 46.6 Å². The Morgan fingerprint density at radius 3 is 2.83 bits per heavy atom. The predicted octanol–water partition coefficient (Wildman–Crippen LogP) is 3.20. The number of hydrogen-bond donors (Lipinski definition) is 1. The molecular weight excluding hydrogens is 325 g/mol. The van der Waals surface area contributed by atoms with Crippen LogP contribution in [0.4, 0.5) is 4.39 Å². The van der Waals surface area contributed by atoms with Crippen molar-refractivity contribution in [3.63, 3.8) is 0 Å². The number of halogens is 1. The van der Waals surface area contributed by atoms with Gasteiger partial charge in [0, 0.05) is 26.1 Å². The Morgan fingerprint density at radius 2 is 2.08 bits per heavy atom. The number of thiophene rings is 1. The van der Waals surface area contributed by atoms with Gasteiger partial charge >= 0.3 is 0 Å². The number of fused-ring (bicyclic) bond motifs is 1. The number of H-pyrrole nitrogens is 1. The fourth-order valence-electron chi connectivity index (χ4n) is 2.99. The lowest BCUT2D eigenvalue weighted by Crippen LogP contribution is -2.35. The summed E-state index contributed by atoms with van der Waals surface area (Å²) < 4.78 is 13.0. The van der Waals surface area contributed by atoms with E-state index in [1.807, 2.05) is 17.5 Å². The molecule has 122 valence electrons. The Morgan fingerprint density at radius 1 is 1.25 bits per heavy atom. The first-order valence-electron chi connectivity index (χ1n) is 7.82. The van der Waals surface area contributed by atoms with Crippen molar-refractivity contribution in [3.05, 3.63) is 74.8 Å². The Labute approximate surface area is 142 Å². The Bertz CT molecular complexity index is 903. The van der Waals surface area contributed by atoms with Gasteiger partial charge < -0.3 is 4.98 Å². The molecule has 1 N–H and O–H groups in total. The molecule has 6 heteroatoms. The van der Waals surface area contributed by atoms with Crippen molar-refractivity contribution in [2.45, 2.75) is 19.5 Å². The van der Waals surface area contributed by atoms with Gasteiger partial charge in [-0.15, -0.1) is 11.3 Å². The average Bonchev–Trinajstić information content (AvgIpc) is 3.12. The molecule has 2 aromatic heterocycles. The van der Waals surface area contributed by atoms with Crippen molar-refractivity contribution in [1.82, 2.24) is 14.9 Å². The molecule has 0 atom stereocenters. The summed E-state index contributed by atoms with van der Waals surface area (Å²) in [5, 5.41) is 1.97. The molecular formula is C18H16FN3OS. The lowest BCUT2D eigenvalue weighted by Gasteiger charge is -2.27. The van der Waals surface area contributed by atoms with Gasteiger partial charge in [-0.3, -0.25) is 9.69 Å². The lowest BCUT2D eigenvalue weighted by atomic mass is 10.1. The molecule has 0 spiro atoms. The van der Waals surface area contributed by atoms with Crippen LogP contribution in [0, 0.1) is 5.82 Å². The minimum atomic E-state index is -0.232. The molecule has 3 aromatic rings. The summed E-state index contributed by atoms with van der Waals surface area (Å²) in [5.41, 5.74) is 2.60. The zero-order chi connectivity index (χ0) is 16.5. The van der Waals surface area contributed by atoms with E-state index in [2.05, 4.69) is 14.9 Å². The second-order valence-corrected chi connectivity index (χ2v) is 6.85. The summed E-state index contributed by atoms with van der Waals surface area (Å²) in [6, 6.07) is 10.4. The molecule has 1 aliphatic rings. The zero-order valence-corrected chi connectivity index (χ0v) is 13.8. The number of nitrogens with zero attached hydrogens (tertiary/aromatic N) is 2. The molecule has 0 unspecified atom stereocenters. The van der Waals surface area contributed by atoms with Crippen LogP contribution in [0.25, 0.3) is 10.7 Å². The van der Waals surface area contributed by atoms with E-state index in [4.69, 9.17) is 0 Å². The maximum Gasteiger partial charge on any atom is 0.255 e. The minimum absolute atomic E-state index is 0.0628. The van der Waals surface area contributed by atoms with Gasteiger partial charge in [-0.05, 0) is 29.1 Å². The van der Waals surface area contributed by atoms with Crippen LogP contribution in [0.1, 0.15) is 16.8 Å². The summed E-state index contributed by atoms with van der Waals surface area (Å²) in [5.74, 6) is 0.422. The van der Waals surface area contributed by atoms with Crippen molar-refractivity contribution in [2.24, 2.45) is 0 Å². The monoisotopic (exact) mass is 341 g/mol. The highest BCUT2D eigenvalue weighted by atomic mass is 32.1. The van der Waals surface area contributed by atoms with E-state index < -0.39 is 0 Å². The number of rotatable bonds is 3. The fraction of sp³-hybridized carbons (Fsp3) is 0.222. The van der Waals surface area contributed by atoms with Crippen molar-refractivity contribution in [2.75, 3.05) is 6.54 Å². The molecule has 0 bridgehead atoms. The second-order valence-electron chi connectivity index (χ2n) is 5.90. The fourth-order valence-corrected chi connectivity index (χ4v) is 3.66. The maximum absolute atomic E-state index is 13.0. The Kier molecular flexibility index (Phi) is 4.00. The number of aromatic amines is 1. The third-order valence-corrected chi connectivity index (χ3v) is 5.10. The predicted molar refractivity (Wildman–Crippen MR) is 92.4 cm³/mol. The van der Waals surface area contributed by atoms with Crippen molar-refractivity contribution < 1.29 is 4.39 Å². The van der Waals surface area contributed by atoms with E-state index in [0.717, 1.165) is 34.7 Å². The number of aromatic nitrogens is 2. The van der Waals surface area contributed by atoms with Gasteiger partial charge in [-0.25, -0.2) is 9.37 Å². The molecule has 0 saturated carbocycles. The highest BCUT2D eigenvalue weighted by Gasteiger charge is 2.21. The van der Waals surface area contributed by atoms with Crippen LogP contribution in [-0.4, -0.2) is 21.4 Å². The van der Waals surface area contributed by atoms with Gasteiger partial charge in [0.05, 0.1) is 16.1 Å². The molecule has 3 heterocycles. The SMILES string of the molecule is O=c1[nH]c(-c2cccs2)nc2c1CN(Cc1ccc(F)cc1)CC2. The number of hydrogen-bond acceptors (Lipinski definition) is 4. The smallest absolute Gasteiger partial charge is 0.255 e. The van der Waals surface area contributed by atoms with Crippen molar-refractivity contribution >= 4 is 11.3 Å². The average molecular weight is 341 g/mol. The summed E-state index contributed by atoms with van der Waals surface area (Å²) in [7, 11) is 0. The first-order valence-corrected chi connectivity index (χ1v) is 8.70. The van der Waals surface area contributed by atoms with E-state index in [-0.39, 0.29) is 11.4 Å². The van der Waals surface area contributed by atoms with Crippen LogP contribution < -0.4 is 5.56 Å². The van der Waals surface area contributed by atoms with Crippen LogP contribution in [0.3, 0.4) is 0 Å². The highest BCUT2D eigenvalue weighted by molar-refractivity contribution is 7.13. The molecule has 0 aliphatic carbocycles. The number of benzene rings is 1. The summed E-state index contributed by atoms with van der Waals surface area (Å²) in [6.07, 6.45) is 0.749. The van der Waals surface area contributed by atoms with Gasteiger partial charge in [0.1, 0.15) is 5.82 Å². The third kappa shape index (κ3) is 3.02. The quantitative estimate of drug-likeness (QED) is 0.796. The van der Waals surface area contributed by atoms with E-state index in [1.165, 1.54) is 12.1 Å². The van der Waals surface area contributed by atoms with Gasteiger partial charge in [0.25, 0.3) is 5.56 Å². The van der Waals surface area contributed by atoms with Gasteiger partial charge in [0.2, 0.25) is 0 Å². The number of nitrogens with one attached hydrogen (secondary N) is 1. The van der Waals surface area contributed by atoms with E-state index in [1.54, 1.807) is 23.5 Å².